The topological polar surface area (TPSA) is 84.7 Å². The van der Waals surface area contributed by atoms with Crippen LogP contribution in [-0.4, -0.2) is 16.4 Å². The van der Waals surface area contributed by atoms with E-state index in [2.05, 4.69) is 18.7 Å². The van der Waals surface area contributed by atoms with Gasteiger partial charge in [-0.15, -0.1) is 0 Å². The summed E-state index contributed by atoms with van der Waals surface area (Å²) in [4.78, 5) is 17.8. The summed E-state index contributed by atoms with van der Waals surface area (Å²) in [5.74, 6) is 0. The average Bonchev–Trinajstić information content (AvgIpc) is 2.42. The Labute approximate surface area is 142 Å². The maximum Gasteiger partial charge on any atom is 0.321 e. The zero-order valence-corrected chi connectivity index (χ0v) is 16.2. The summed E-state index contributed by atoms with van der Waals surface area (Å²) < 4.78 is 4.77. The number of hydrogen-bond donors (Lipinski definition) is 3. The van der Waals surface area contributed by atoms with Crippen molar-refractivity contribution in [1.29, 1.82) is 0 Å². The second-order valence-corrected chi connectivity index (χ2v) is 8.59. The van der Waals surface area contributed by atoms with E-state index < -0.39 is 6.72 Å². The van der Waals surface area contributed by atoms with Gasteiger partial charge in [0.25, 0.3) is 0 Å². The molecule has 0 aliphatic carbocycles. The maximum atomic E-state index is 8.88. The summed E-state index contributed by atoms with van der Waals surface area (Å²) in [6.45, 7) is -0.778. The van der Waals surface area contributed by atoms with Crippen LogP contribution >= 0.6 is 6.72 Å². The van der Waals surface area contributed by atoms with E-state index in [1.165, 1.54) is 77.0 Å². The van der Waals surface area contributed by atoms with E-state index in [9.17, 15) is 0 Å². The van der Waals surface area contributed by atoms with Gasteiger partial charge in [-0.2, -0.15) is 0 Å². The second-order valence-electron chi connectivity index (χ2n) is 5.92. The molecule has 0 saturated heterocycles. The van der Waals surface area contributed by atoms with Crippen LogP contribution in [0.15, 0.2) is 0 Å². The van der Waals surface area contributed by atoms with Crippen LogP contribution in [0, 0.1) is 0 Å². The molecule has 0 spiro atoms. The molecular weight excluding hydrogens is 317 g/mol. The van der Waals surface area contributed by atoms with E-state index >= 15 is 0 Å². The smallest absolute Gasteiger partial charge is 0.321 e. The van der Waals surface area contributed by atoms with Gasteiger partial charge in [0.1, 0.15) is 0 Å². The molecule has 136 valence electrons. The molecular formula is C16H38NO3PS. The van der Waals surface area contributed by atoms with Crippen LogP contribution < -0.4 is 6.15 Å². The molecule has 0 aliphatic heterocycles. The zero-order chi connectivity index (χ0) is 15.8. The Bertz CT molecular complexity index is 262. The van der Waals surface area contributed by atoms with Crippen LogP contribution in [0.3, 0.4) is 0 Å². The minimum atomic E-state index is -3.42. The number of hydrogen-bond acceptors (Lipinski definition) is 3. The standard InChI is InChI=1S/C16H35O3PS.H3N/c1-2-3-4-5-6-7-8-9-10-11-12-13-14-15-16-19-20(17,18)21;/h2-16H2,1H3,(H2,17,18,21);1H3. The summed E-state index contributed by atoms with van der Waals surface area (Å²) in [5.41, 5.74) is 0. The molecule has 4 nitrogen and oxygen atoms in total. The van der Waals surface area contributed by atoms with E-state index in [-0.39, 0.29) is 6.15 Å². The Morgan fingerprint density at radius 2 is 1.00 bits per heavy atom. The van der Waals surface area contributed by atoms with Crippen molar-refractivity contribution in [2.24, 2.45) is 0 Å². The molecule has 0 unspecified atom stereocenters. The predicted molar refractivity (Wildman–Crippen MR) is 100 cm³/mol. The van der Waals surface area contributed by atoms with Crippen LogP contribution in [0.1, 0.15) is 96.8 Å². The van der Waals surface area contributed by atoms with Crippen molar-refractivity contribution in [3.05, 3.63) is 0 Å². The van der Waals surface area contributed by atoms with Gasteiger partial charge in [0.2, 0.25) is 0 Å². The van der Waals surface area contributed by atoms with Crippen LogP contribution in [0.2, 0.25) is 0 Å². The Morgan fingerprint density at radius 3 is 1.32 bits per heavy atom. The fourth-order valence-corrected chi connectivity index (χ4v) is 3.07. The summed E-state index contributed by atoms with van der Waals surface area (Å²) in [6, 6.07) is 0. The zero-order valence-electron chi connectivity index (χ0n) is 14.5. The van der Waals surface area contributed by atoms with E-state index in [0.29, 0.717) is 6.61 Å². The highest BCUT2D eigenvalue weighted by atomic mass is 32.5. The quantitative estimate of drug-likeness (QED) is 0.239. The molecule has 0 aromatic rings. The molecule has 0 aromatic heterocycles. The first-order valence-electron chi connectivity index (χ1n) is 8.76. The Morgan fingerprint density at radius 1 is 0.682 bits per heavy atom. The first-order chi connectivity index (χ1) is 10.1. The monoisotopic (exact) mass is 355 g/mol. The molecule has 0 rings (SSSR count). The summed E-state index contributed by atoms with van der Waals surface area (Å²) in [6.07, 6.45) is 18.3. The lowest BCUT2D eigenvalue weighted by Gasteiger charge is -2.07. The average molecular weight is 356 g/mol. The van der Waals surface area contributed by atoms with Gasteiger partial charge in [0.05, 0.1) is 6.61 Å². The molecule has 0 aliphatic rings. The Kier molecular flexibility index (Phi) is 20.1. The van der Waals surface area contributed by atoms with Gasteiger partial charge in [0.15, 0.2) is 0 Å². The molecule has 0 aromatic carbocycles. The van der Waals surface area contributed by atoms with Gasteiger partial charge in [-0.1, -0.05) is 90.4 Å². The van der Waals surface area contributed by atoms with E-state index in [0.717, 1.165) is 12.8 Å². The summed E-state index contributed by atoms with van der Waals surface area (Å²) in [7, 11) is 0. The number of unbranched alkanes of at least 4 members (excludes halogenated alkanes) is 13. The van der Waals surface area contributed by atoms with Crippen molar-refractivity contribution in [2.45, 2.75) is 96.8 Å². The first-order valence-corrected chi connectivity index (χ1v) is 11.4. The fourth-order valence-electron chi connectivity index (χ4n) is 2.48. The van der Waals surface area contributed by atoms with Crippen LogP contribution in [0.5, 0.6) is 0 Å². The van der Waals surface area contributed by atoms with E-state index in [1.54, 1.807) is 0 Å². The molecule has 0 atom stereocenters. The third-order valence-corrected chi connectivity index (χ3v) is 4.59. The largest absolute Gasteiger partial charge is 0.344 e. The van der Waals surface area contributed by atoms with Gasteiger partial charge in [0, 0.05) is 0 Å². The molecule has 5 N–H and O–H groups in total. The molecule has 0 bridgehead atoms. The third-order valence-electron chi connectivity index (χ3n) is 3.76. The van der Waals surface area contributed by atoms with Crippen molar-refractivity contribution < 1.29 is 14.3 Å². The Hall–Kier alpha value is 0.490. The Balaban J connectivity index is 0. The highest BCUT2D eigenvalue weighted by molar-refractivity contribution is 8.06. The van der Waals surface area contributed by atoms with E-state index in [4.69, 9.17) is 14.3 Å². The van der Waals surface area contributed by atoms with Crippen molar-refractivity contribution in [2.75, 3.05) is 6.61 Å². The molecule has 22 heavy (non-hydrogen) atoms. The summed E-state index contributed by atoms with van der Waals surface area (Å²) >= 11 is 4.38. The highest BCUT2D eigenvalue weighted by Crippen LogP contribution is 2.36. The van der Waals surface area contributed by atoms with Gasteiger partial charge >= 0.3 is 6.72 Å². The van der Waals surface area contributed by atoms with Crippen LogP contribution in [0.4, 0.5) is 0 Å². The second kappa shape index (κ2) is 17.8. The van der Waals surface area contributed by atoms with Gasteiger partial charge in [-0.05, 0) is 18.2 Å². The van der Waals surface area contributed by atoms with Gasteiger partial charge < -0.3 is 20.5 Å². The van der Waals surface area contributed by atoms with Crippen molar-refractivity contribution in [3.8, 4) is 0 Å². The van der Waals surface area contributed by atoms with E-state index in [1.807, 2.05) is 0 Å². The lowest BCUT2D eigenvalue weighted by atomic mass is 10.0. The van der Waals surface area contributed by atoms with Crippen molar-refractivity contribution in [1.82, 2.24) is 6.15 Å². The highest BCUT2D eigenvalue weighted by Gasteiger charge is 2.06. The molecule has 0 saturated carbocycles. The molecule has 0 radical (unpaired) electrons. The maximum absolute atomic E-state index is 8.88. The molecule has 6 heteroatoms. The lowest BCUT2D eigenvalue weighted by molar-refractivity contribution is 0.245. The molecule has 0 heterocycles. The first kappa shape index (κ1) is 24.7. The van der Waals surface area contributed by atoms with Gasteiger partial charge in [-0.3, -0.25) is 0 Å². The third kappa shape index (κ3) is 22.8. The minimum Gasteiger partial charge on any atom is -0.344 e. The summed E-state index contributed by atoms with van der Waals surface area (Å²) in [5, 5.41) is 0. The van der Waals surface area contributed by atoms with Crippen LogP contribution in [0.25, 0.3) is 0 Å². The normalized spacial score (nSPS) is 11.4. The minimum absolute atomic E-state index is 0. The fraction of sp³-hybridized carbons (Fsp3) is 1.00. The molecule has 0 fully saturated rings. The van der Waals surface area contributed by atoms with Crippen molar-refractivity contribution in [3.63, 3.8) is 0 Å². The SMILES string of the molecule is CCCCCCCCCCCCCCCCOP(O)(O)=S.N. The molecule has 0 amide bonds. The lowest BCUT2D eigenvalue weighted by Crippen LogP contribution is -1.92. The predicted octanol–water partition coefficient (Wildman–Crippen LogP) is 5.86. The van der Waals surface area contributed by atoms with Gasteiger partial charge in [-0.25, -0.2) is 0 Å². The number of rotatable bonds is 16. The van der Waals surface area contributed by atoms with Crippen molar-refractivity contribution >= 4 is 18.5 Å². The van der Waals surface area contributed by atoms with Crippen LogP contribution in [-0.2, 0) is 16.3 Å².